The number of nitrogens with zero attached hydrogens (tertiary/aromatic N) is 3. The minimum Gasteiger partial charge on any atom is -0.483 e. The van der Waals surface area contributed by atoms with Gasteiger partial charge in [0, 0.05) is 25.6 Å². The molecule has 0 aliphatic carbocycles. The van der Waals surface area contributed by atoms with Gasteiger partial charge in [-0.1, -0.05) is 54.6 Å². The van der Waals surface area contributed by atoms with E-state index in [4.69, 9.17) is 4.74 Å². The van der Waals surface area contributed by atoms with Gasteiger partial charge in [-0.05, 0) is 29.3 Å². The Bertz CT molecular complexity index is 1090. The van der Waals surface area contributed by atoms with Gasteiger partial charge in [-0.2, -0.15) is 0 Å². The van der Waals surface area contributed by atoms with E-state index >= 15 is 0 Å². The molecule has 0 bridgehead atoms. The molecule has 0 spiro atoms. The Morgan fingerprint density at radius 2 is 1.72 bits per heavy atom. The fourth-order valence-electron chi connectivity index (χ4n) is 3.18. The number of nitrogens with one attached hydrogen (secondary N) is 1. The SMILES string of the molecule is O=C(COc1ccccc1Cc1ccccc1)NCCc1nnc2ccccn12. The molecule has 2 aromatic carbocycles. The topological polar surface area (TPSA) is 68.5 Å². The summed E-state index contributed by atoms with van der Waals surface area (Å²) < 4.78 is 7.70. The first-order valence-corrected chi connectivity index (χ1v) is 9.59. The normalized spacial score (nSPS) is 10.8. The van der Waals surface area contributed by atoms with Gasteiger partial charge in [0.05, 0.1) is 0 Å². The molecule has 1 N–H and O–H groups in total. The van der Waals surface area contributed by atoms with Gasteiger partial charge in [0.15, 0.2) is 12.3 Å². The molecule has 2 heterocycles. The second kappa shape index (κ2) is 9.01. The molecule has 146 valence electrons. The van der Waals surface area contributed by atoms with Crippen molar-refractivity contribution in [3.05, 3.63) is 95.9 Å². The lowest BCUT2D eigenvalue weighted by molar-refractivity contribution is -0.123. The highest BCUT2D eigenvalue weighted by Gasteiger charge is 2.09. The van der Waals surface area contributed by atoms with Gasteiger partial charge in [0.1, 0.15) is 11.6 Å². The molecule has 0 saturated heterocycles. The zero-order valence-electron chi connectivity index (χ0n) is 16.0. The summed E-state index contributed by atoms with van der Waals surface area (Å²) in [7, 11) is 0. The molecule has 6 nitrogen and oxygen atoms in total. The predicted octanol–water partition coefficient (Wildman–Crippen LogP) is 3.06. The maximum atomic E-state index is 12.2. The van der Waals surface area contributed by atoms with Crippen LogP contribution in [-0.4, -0.2) is 33.7 Å². The van der Waals surface area contributed by atoms with E-state index in [0.717, 1.165) is 29.2 Å². The molecule has 0 radical (unpaired) electrons. The van der Waals surface area contributed by atoms with E-state index in [2.05, 4.69) is 27.6 Å². The number of hydrogen-bond acceptors (Lipinski definition) is 4. The molecule has 0 aliphatic rings. The number of benzene rings is 2. The van der Waals surface area contributed by atoms with E-state index < -0.39 is 0 Å². The molecule has 29 heavy (non-hydrogen) atoms. The number of pyridine rings is 1. The highest BCUT2D eigenvalue weighted by atomic mass is 16.5. The van der Waals surface area contributed by atoms with Gasteiger partial charge in [-0.15, -0.1) is 10.2 Å². The zero-order chi connectivity index (χ0) is 19.9. The quantitative estimate of drug-likeness (QED) is 0.505. The summed E-state index contributed by atoms with van der Waals surface area (Å²) in [5.41, 5.74) is 3.06. The Balaban J connectivity index is 1.29. The lowest BCUT2D eigenvalue weighted by Crippen LogP contribution is -2.31. The van der Waals surface area contributed by atoms with Crippen LogP contribution < -0.4 is 10.1 Å². The number of amides is 1. The van der Waals surface area contributed by atoms with E-state index in [1.165, 1.54) is 5.56 Å². The minimum absolute atomic E-state index is 0.0214. The van der Waals surface area contributed by atoms with E-state index in [0.29, 0.717) is 13.0 Å². The Labute approximate surface area is 169 Å². The molecule has 0 fully saturated rings. The van der Waals surface area contributed by atoms with Crippen molar-refractivity contribution in [2.75, 3.05) is 13.2 Å². The van der Waals surface area contributed by atoms with Crippen LogP contribution in [0.15, 0.2) is 79.0 Å². The van der Waals surface area contributed by atoms with Gasteiger partial charge in [-0.25, -0.2) is 0 Å². The number of para-hydroxylation sites is 1. The van der Waals surface area contributed by atoms with E-state index in [-0.39, 0.29) is 12.5 Å². The van der Waals surface area contributed by atoms with Crippen LogP contribution in [0.5, 0.6) is 5.75 Å². The first-order chi connectivity index (χ1) is 14.3. The van der Waals surface area contributed by atoms with Crippen molar-refractivity contribution in [3.8, 4) is 5.75 Å². The number of rotatable bonds is 8. The van der Waals surface area contributed by atoms with Crippen LogP contribution in [0.25, 0.3) is 5.65 Å². The Morgan fingerprint density at radius 1 is 0.931 bits per heavy atom. The first-order valence-electron chi connectivity index (χ1n) is 9.59. The van der Waals surface area contributed by atoms with Crippen molar-refractivity contribution in [2.45, 2.75) is 12.8 Å². The predicted molar refractivity (Wildman–Crippen MR) is 111 cm³/mol. The molecule has 4 rings (SSSR count). The highest BCUT2D eigenvalue weighted by Crippen LogP contribution is 2.21. The van der Waals surface area contributed by atoms with Crippen molar-refractivity contribution in [1.29, 1.82) is 0 Å². The van der Waals surface area contributed by atoms with Crippen LogP contribution in [-0.2, 0) is 17.6 Å². The second-order valence-electron chi connectivity index (χ2n) is 6.70. The molecular weight excluding hydrogens is 364 g/mol. The number of carbonyl (C=O) groups excluding carboxylic acids is 1. The lowest BCUT2D eigenvalue weighted by Gasteiger charge is -2.11. The van der Waals surface area contributed by atoms with E-state index in [1.807, 2.05) is 71.3 Å². The molecule has 2 aromatic heterocycles. The standard InChI is InChI=1S/C23H22N4O2/c28-23(24-14-13-22-26-25-21-12-6-7-15-27(21)22)17-29-20-11-5-4-10-19(20)16-18-8-2-1-3-9-18/h1-12,15H,13-14,16-17H2,(H,24,28). The van der Waals surface area contributed by atoms with Crippen molar-refractivity contribution in [1.82, 2.24) is 19.9 Å². The van der Waals surface area contributed by atoms with E-state index in [1.54, 1.807) is 0 Å². The molecule has 0 saturated carbocycles. The Hall–Kier alpha value is -3.67. The molecule has 4 aromatic rings. The second-order valence-corrected chi connectivity index (χ2v) is 6.70. The summed E-state index contributed by atoms with van der Waals surface area (Å²) in [6.45, 7) is 0.454. The maximum absolute atomic E-state index is 12.2. The Morgan fingerprint density at radius 3 is 2.62 bits per heavy atom. The van der Waals surface area contributed by atoms with E-state index in [9.17, 15) is 4.79 Å². The molecule has 6 heteroatoms. The largest absolute Gasteiger partial charge is 0.483 e. The molecule has 1 amide bonds. The van der Waals surface area contributed by atoms with Crippen LogP contribution in [0.1, 0.15) is 17.0 Å². The summed E-state index contributed by atoms with van der Waals surface area (Å²) in [5, 5.41) is 11.2. The third kappa shape index (κ3) is 4.79. The minimum atomic E-state index is -0.159. The van der Waals surface area contributed by atoms with Crippen molar-refractivity contribution in [2.24, 2.45) is 0 Å². The van der Waals surface area contributed by atoms with Gasteiger partial charge >= 0.3 is 0 Å². The zero-order valence-corrected chi connectivity index (χ0v) is 16.0. The summed E-state index contributed by atoms with van der Waals surface area (Å²) in [6.07, 6.45) is 3.28. The smallest absolute Gasteiger partial charge is 0.257 e. The average molecular weight is 386 g/mol. The number of carbonyl (C=O) groups is 1. The third-order valence-electron chi connectivity index (χ3n) is 4.62. The Kier molecular flexibility index (Phi) is 5.81. The number of ether oxygens (including phenoxy) is 1. The van der Waals surface area contributed by atoms with Crippen molar-refractivity contribution >= 4 is 11.6 Å². The van der Waals surface area contributed by atoms with Crippen molar-refractivity contribution < 1.29 is 9.53 Å². The van der Waals surface area contributed by atoms with Crippen LogP contribution in [0, 0.1) is 0 Å². The monoisotopic (exact) mass is 386 g/mol. The molecule has 0 aliphatic heterocycles. The van der Waals surface area contributed by atoms with Crippen LogP contribution in [0.3, 0.4) is 0 Å². The molecular formula is C23H22N4O2. The summed E-state index contributed by atoms with van der Waals surface area (Å²) in [5.74, 6) is 1.39. The number of aromatic nitrogens is 3. The molecule has 0 atom stereocenters. The third-order valence-corrected chi connectivity index (χ3v) is 4.62. The van der Waals surface area contributed by atoms with Crippen LogP contribution >= 0.6 is 0 Å². The first kappa shape index (κ1) is 18.7. The lowest BCUT2D eigenvalue weighted by atomic mass is 10.0. The summed E-state index contributed by atoms with van der Waals surface area (Å²) in [4.78, 5) is 12.2. The summed E-state index contributed by atoms with van der Waals surface area (Å²) in [6, 6.07) is 23.8. The van der Waals surface area contributed by atoms with Crippen molar-refractivity contribution in [3.63, 3.8) is 0 Å². The number of hydrogen-bond donors (Lipinski definition) is 1. The summed E-state index contributed by atoms with van der Waals surface area (Å²) >= 11 is 0. The maximum Gasteiger partial charge on any atom is 0.257 e. The fourth-order valence-corrected chi connectivity index (χ4v) is 3.18. The molecule has 0 unspecified atom stereocenters. The van der Waals surface area contributed by atoms with Gasteiger partial charge in [0.25, 0.3) is 5.91 Å². The van der Waals surface area contributed by atoms with Crippen LogP contribution in [0.2, 0.25) is 0 Å². The van der Waals surface area contributed by atoms with Gasteiger partial charge in [-0.3, -0.25) is 9.20 Å². The van der Waals surface area contributed by atoms with Gasteiger partial charge in [0.2, 0.25) is 0 Å². The number of fused-ring (bicyclic) bond motifs is 1. The fraction of sp³-hybridized carbons (Fsp3) is 0.174. The van der Waals surface area contributed by atoms with Gasteiger partial charge < -0.3 is 10.1 Å². The van der Waals surface area contributed by atoms with Crippen LogP contribution in [0.4, 0.5) is 0 Å². The highest BCUT2D eigenvalue weighted by molar-refractivity contribution is 5.77. The average Bonchev–Trinajstić information content (AvgIpc) is 3.17.